The molecule has 2 saturated heterocycles. The number of amides is 2. The van der Waals surface area contributed by atoms with Crippen molar-refractivity contribution < 1.29 is 9.59 Å². The second-order valence-corrected chi connectivity index (χ2v) is 7.44. The van der Waals surface area contributed by atoms with Crippen molar-refractivity contribution in [2.45, 2.75) is 12.8 Å². The van der Waals surface area contributed by atoms with Crippen molar-refractivity contribution in [3.05, 3.63) is 42.2 Å². The van der Waals surface area contributed by atoms with E-state index in [-0.39, 0.29) is 17.7 Å². The largest absolute Gasteiger partial charge is 0.357 e. The Bertz CT molecular complexity index is 945. The molecular formula is C21H23N7O2. The topological polar surface area (TPSA) is 114 Å². The third kappa shape index (κ3) is 4.49. The summed E-state index contributed by atoms with van der Waals surface area (Å²) in [7, 11) is 0. The first kappa shape index (κ1) is 19.6. The maximum atomic E-state index is 12.7. The number of hydrogen-bond acceptors (Lipinski definition) is 7. The average molecular weight is 405 g/mol. The smallest absolute Gasteiger partial charge is 0.239 e. The van der Waals surface area contributed by atoms with Crippen LogP contribution in [0.4, 0.5) is 17.3 Å². The van der Waals surface area contributed by atoms with Crippen LogP contribution in [0.25, 0.3) is 0 Å². The number of nitrogens with one attached hydrogen (secondary N) is 2. The molecule has 0 atom stereocenters. The summed E-state index contributed by atoms with van der Waals surface area (Å²) in [5.41, 5.74) is 1.19. The minimum absolute atomic E-state index is 0.00524. The SMILES string of the molecule is N#Cc1ccc(N2CCC(C(=O)Nc3ccc(N4CCNC(=O)C4)nc3)CC2)nc1. The number of piperidine rings is 1. The highest BCUT2D eigenvalue weighted by molar-refractivity contribution is 5.92. The van der Waals surface area contributed by atoms with Gasteiger partial charge in [0.15, 0.2) is 0 Å². The molecule has 154 valence electrons. The molecule has 0 bridgehead atoms. The zero-order chi connectivity index (χ0) is 20.9. The van der Waals surface area contributed by atoms with E-state index in [2.05, 4.69) is 31.6 Å². The molecule has 4 rings (SSSR count). The third-order valence-corrected chi connectivity index (χ3v) is 5.44. The quantitative estimate of drug-likeness (QED) is 0.784. The highest BCUT2D eigenvalue weighted by Crippen LogP contribution is 2.23. The van der Waals surface area contributed by atoms with E-state index in [9.17, 15) is 9.59 Å². The van der Waals surface area contributed by atoms with Crippen molar-refractivity contribution in [3.8, 4) is 6.07 Å². The number of piperazine rings is 1. The van der Waals surface area contributed by atoms with Crippen LogP contribution in [0.3, 0.4) is 0 Å². The maximum Gasteiger partial charge on any atom is 0.239 e. The Morgan fingerprint density at radius 1 is 1.07 bits per heavy atom. The molecule has 2 aliphatic heterocycles. The molecule has 2 aliphatic rings. The Hall–Kier alpha value is -3.67. The lowest BCUT2D eigenvalue weighted by atomic mass is 9.96. The number of pyridine rings is 2. The minimum atomic E-state index is -0.0647. The Balaban J connectivity index is 1.29. The summed E-state index contributed by atoms with van der Waals surface area (Å²) in [5.74, 6) is 1.48. The molecule has 9 heteroatoms. The number of aromatic nitrogens is 2. The van der Waals surface area contributed by atoms with Gasteiger partial charge >= 0.3 is 0 Å². The van der Waals surface area contributed by atoms with Crippen LogP contribution >= 0.6 is 0 Å². The molecule has 30 heavy (non-hydrogen) atoms. The summed E-state index contributed by atoms with van der Waals surface area (Å²) in [6, 6.07) is 9.32. The molecule has 2 amide bonds. The Morgan fingerprint density at radius 2 is 1.80 bits per heavy atom. The first-order valence-electron chi connectivity index (χ1n) is 10.0. The van der Waals surface area contributed by atoms with Crippen LogP contribution in [0.15, 0.2) is 36.7 Å². The maximum absolute atomic E-state index is 12.7. The van der Waals surface area contributed by atoms with E-state index in [0.717, 1.165) is 44.1 Å². The van der Waals surface area contributed by atoms with Gasteiger partial charge in [-0.05, 0) is 37.1 Å². The molecule has 0 unspecified atom stereocenters. The lowest BCUT2D eigenvalue weighted by Crippen LogP contribution is -2.48. The van der Waals surface area contributed by atoms with Crippen LogP contribution in [0.2, 0.25) is 0 Å². The molecule has 0 spiro atoms. The van der Waals surface area contributed by atoms with Gasteiger partial charge in [0.05, 0.1) is 24.0 Å². The molecule has 2 N–H and O–H groups in total. The van der Waals surface area contributed by atoms with Crippen molar-refractivity contribution >= 4 is 29.1 Å². The summed E-state index contributed by atoms with van der Waals surface area (Å²) < 4.78 is 0. The molecular weight excluding hydrogens is 382 g/mol. The van der Waals surface area contributed by atoms with Crippen LogP contribution in [-0.2, 0) is 9.59 Å². The number of carbonyl (C=O) groups is 2. The number of nitrogens with zero attached hydrogens (tertiary/aromatic N) is 5. The summed E-state index contributed by atoms with van der Waals surface area (Å²) >= 11 is 0. The molecule has 0 aliphatic carbocycles. The van der Waals surface area contributed by atoms with E-state index in [1.807, 2.05) is 23.1 Å². The van der Waals surface area contributed by atoms with E-state index < -0.39 is 0 Å². The summed E-state index contributed by atoms with van der Waals surface area (Å²) in [6.45, 7) is 3.11. The van der Waals surface area contributed by atoms with Crippen LogP contribution in [0, 0.1) is 17.2 Å². The van der Waals surface area contributed by atoms with Gasteiger partial charge < -0.3 is 20.4 Å². The first-order valence-corrected chi connectivity index (χ1v) is 10.0. The van der Waals surface area contributed by atoms with Gasteiger partial charge in [0, 0.05) is 38.3 Å². The van der Waals surface area contributed by atoms with Crippen molar-refractivity contribution in [2.75, 3.05) is 47.8 Å². The molecule has 0 radical (unpaired) electrons. The predicted octanol–water partition coefficient (Wildman–Crippen LogP) is 1.14. The zero-order valence-corrected chi connectivity index (χ0v) is 16.5. The normalized spacial score (nSPS) is 17.2. The van der Waals surface area contributed by atoms with Gasteiger partial charge in [-0.15, -0.1) is 0 Å². The summed E-state index contributed by atoms with van der Waals surface area (Å²) in [6.07, 6.45) is 4.68. The fourth-order valence-corrected chi connectivity index (χ4v) is 3.74. The molecule has 2 fully saturated rings. The number of anilines is 3. The van der Waals surface area contributed by atoms with Crippen LogP contribution in [0.5, 0.6) is 0 Å². The molecule has 0 aromatic carbocycles. The Kier molecular flexibility index (Phi) is 5.75. The number of carbonyl (C=O) groups excluding carboxylic acids is 2. The van der Waals surface area contributed by atoms with Gasteiger partial charge in [-0.2, -0.15) is 5.26 Å². The lowest BCUT2D eigenvalue weighted by Gasteiger charge is -2.32. The Labute approximate surface area is 174 Å². The van der Waals surface area contributed by atoms with Gasteiger partial charge in [-0.3, -0.25) is 9.59 Å². The highest BCUT2D eigenvalue weighted by atomic mass is 16.2. The van der Waals surface area contributed by atoms with E-state index in [1.165, 1.54) is 0 Å². The zero-order valence-electron chi connectivity index (χ0n) is 16.5. The molecule has 2 aromatic rings. The second-order valence-electron chi connectivity index (χ2n) is 7.44. The second kappa shape index (κ2) is 8.78. The van der Waals surface area contributed by atoms with Gasteiger partial charge in [0.25, 0.3) is 0 Å². The van der Waals surface area contributed by atoms with E-state index >= 15 is 0 Å². The monoisotopic (exact) mass is 405 g/mol. The summed E-state index contributed by atoms with van der Waals surface area (Å²) in [4.78, 5) is 36.9. The fourth-order valence-electron chi connectivity index (χ4n) is 3.74. The number of hydrogen-bond donors (Lipinski definition) is 2. The van der Waals surface area contributed by atoms with Crippen LogP contribution in [-0.4, -0.2) is 54.5 Å². The van der Waals surface area contributed by atoms with Crippen molar-refractivity contribution in [1.82, 2.24) is 15.3 Å². The standard InChI is InChI=1S/C21H23N7O2/c22-11-15-1-3-18(24-12-15)27-8-5-16(6-9-27)21(30)26-17-2-4-19(25-13-17)28-10-7-23-20(29)14-28/h1-4,12-13,16H,5-10,14H2,(H,23,29)(H,26,30). The van der Waals surface area contributed by atoms with Gasteiger partial charge in [-0.25, -0.2) is 9.97 Å². The van der Waals surface area contributed by atoms with Gasteiger partial charge in [-0.1, -0.05) is 0 Å². The summed E-state index contributed by atoms with van der Waals surface area (Å²) in [5, 5.41) is 14.6. The Morgan fingerprint density at radius 3 is 2.43 bits per heavy atom. The fraction of sp³-hybridized carbons (Fsp3) is 0.381. The van der Waals surface area contributed by atoms with Gasteiger partial charge in [0.2, 0.25) is 11.8 Å². The van der Waals surface area contributed by atoms with Crippen LogP contribution in [0.1, 0.15) is 18.4 Å². The van der Waals surface area contributed by atoms with E-state index in [1.54, 1.807) is 18.5 Å². The van der Waals surface area contributed by atoms with E-state index in [0.29, 0.717) is 24.3 Å². The van der Waals surface area contributed by atoms with Gasteiger partial charge in [0.1, 0.15) is 17.7 Å². The van der Waals surface area contributed by atoms with Crippen molar-refractivity contribution in [1.29, 1.82) is 5.26 Å². The van der Waals surface area contributed by atoms with Crippen molar-refractivity contribution in [2.24, 2.45) is 5.92 Å². The predicted molar refractivity (Wildman–Crippen MR) is 112 cm³/mol. The first-order chi connectivity index (χ1) is 14.6. The van der Waals surface area contributed by atoms with Crippen molar-refractivity contribution in [3.63, 3.8) is 0 Å². The number of nitriles is 1. The van der Waals surface area contributed by atoms with Crippen LogP contribution < -0.4 is 20.4 Å². The third-order valence-electron chi connectivity index (χ3n) is 5.44. The number of rotatable bonds is 4. The molecule has 2 aromatic heterocycles. The minimum Gasteiger partial charge on any atom is -0.357 e. The highest BCUT2D eigenvalue weighted by Gasteiger charge is 2.26. The lowest BCUT2D eigenvalue weighted by molar-refractivity contribution is -0.121. The molecule has 9 nitrogen and oxygen atoms in total. The average Bonchev–Trinajstić information content (AvgIpc) is 2.80. The molecule has 0 saturated carbocycles. The van der Waals surface area contributed by atoms with E-state index in [4.69, 9.17) is 5.26 Å². The molecule has 4 heterocycles.